The molecule has 2 aromatic rings. The molecule has 98 valence electrons. The fourth-order valence-corrected chi connectivity index (χ4v) is 1.90. The van der Waals surface area contributed by atoms with Crippen molar-refractivity contribution in [2.24, 2.45) is 0 Å². The van der Waals surface area contributed by atoms with Gasteiger partial charge in [0.15, 0.2) is 11.5 Å². The van der Waals surface area contributed by atoms with Crippen molar-refractivity contribution in [2.45, 2.75) is 0 Å². The largest absolute Gasteiger partial charge is 0.486 e. The van der Waals surface area contributed by atoms with Crippen molar-refractivity contribution in [1.29, 1.82) is 0 Å². The molecule has 0 spiro atoms. The number of fused-ring (bicyclic) bond motifs is 1. The maximum absolute atomic E-state index is 5.65. The van der Waals surface area contributed by atoms with Crippen LogP contribution in [-0.4, -0.2) is 30.3 Å². The first-order valence-corrected chi connectivity index (χ1v) is 5.85. The average Bonchev–Trinajstić information content (AvgIpc) is 2.46. The Bertz CT molecular complexity index is 616. The first-order valence-electron chi connectivity index (χ1n) is 5.85. The lowest BCUT2D eigenvalue weighted by Crippen LogP contribution is -2.15. The second kappa shape index (κ2) is 4.64. The van der Waals surface area contributed by atoms with Crippen LogP contribution < -0.4 is 19.9 Å². The van der Waals surface area contributed by atoms with Gasteiger partial charge in [0.05, 0.1) is 12.8 Å². The van der Waals surface area contributed by atoms with Crippen LogP contribution in [0.2, 0.25) is 0 Å². The van der Waals surface area contributed by atoms with Gasteiger partial charge in [-0.3, -0.25) is 0 Å². The number of methoxy groups -OCH3 is 1. The van der Waals surface area contributed by atoms with Crippen molar-refractivity contribution in [1.82, 2.24) is 9.97 Å². The second-order valence-corrected chi connectivity index (χ2v) is 4.01. The molecule has 2 heterocycles. The van der Waals surface area contributed by atoms with E-state index in [9.17, 15) is 0 Å². The fourth-order valence-electron chi connectivity index (χ4n) is 1.90. The van der Waals surface area contributed by atoms with Crippen molar-refractivity contribution in [2.75, 3.05) is 26.1 Å². The lowest BCUT2D eigenvalue weighted by atomic mass is 10.1. The van der Waals surface area contributed by atoms with E-state index >= 15 is 0 Å². The molecule has 0 fully saturated rings. The Balaban J connectivity index is 2.04. The third-order valence-electron chi connectivity index (χ3n) is 2.77. The Morgan fingerprint density at radius 3 is 2.68 bits per heavy atom. The van der Waals surface area contributed by atoms with Gasteiger partial charge in [-0.25, -0.2) is 4.98 Å². The van der Waals surface area contributed by atoms with E-state index in [1.165, 1.54) is 7.11 Å². The SMILES string of the molecule is COc1cc(-c2ccc3c(c2)OCCO3)nc(N)n1. The number of ether oxygens (including phenoxy) is 3. The number of nitrogen functional groups attached to an aromatic ring is 1. The lowest BCUT2D eigenvalue weighted by Gasteiger charge is -2.18. The van der Waals surface area contributed by atoms with Gasteiger partial charge >= 0.3 is 0 Å². The van der Waals surface area contributed by atoms with Crippen LogP contribution in [-0.2, 0) is 0 Å². The minimum atomic E-state index is 0.171. The molecule has 0 amide bonds. The van der Waals surface area contributed by atoms with Crippen molar-refractivity contribution >= 4 is 5.95 Å². The Morgan fingerprint density at radius 1 is 1.11 bits per heavy atom. The Hall–Kier alpha value is -2.50. The average molecular weight is 259 g/mol. The number of rotatable bonds is 2. The van der Waals surface area contributed by atoms with E-state index in [1.54, 1.807) is 6.07 Å². The molecule has 3 rings (SSSR count). The van der Waals surface area contributed by atoms with Crippen LogP contribution in [0.4, 0.5) is 5.95 Å². The smallest absolute Gasteiger partial charge is 0.223 e. The van der Waals surface area contributed by atoms with Gasteiger partial charge < -0.3 is 19.9 Å². The third-order valence-corrected chi connectivity index (χ3v) is 2.77. The van der Waals surface area contributed by atoms with Crippen molar-refractivity contribution in [3.63, 3.8) is 0 Å². The minimum Gasteiger partial charge on any atom is -0.486 e. The third kappa shape index (κ3) is 2.24. The highest BCUT2D eigenvalue weighted by Gasteiger charge is 2.13. The molecule has 6 nitrogen and oxygen atoms in total. The normalized spacial score (nSPS) is 13.1. The summed E-state index contributed by atoms with van der Waals surface area (Å²) in [4.78, 5) is 8.15. The standard InChI is InChI=1S/C13H13N3O3/c1-17-12-7-9(15-13(14)16-12)8-2-3-10-11(6-8)19-5-4-18-10/h2-3,6-7H,4-5H2,1H3,(H2,14,15,16). The molecular weight excluding hydrogens is 246 g/mol. The van der Waals surface area contributed by atoms with Crippen molar-refractivity contribution < 1.29 is 14.2 Å². The molecule has 1 aliphatic rings. The number of nitrogens with two attached hydrogens (primary N) is 1. The van der Waals surface area contributed by atoms with E-state index < -0.39 is 0 Å². The zero-order valence-corrected chi connectivity index (χ0v) is 10.4. The molecule has 0 radical (unpaired) electrons. The predicted octanol–water partition coefficient (Wildman–Crippen LogP) is 1.51. The Labute approximate surface area is 110 Å². The van der Waals surface area contributed by atoms with Gasteiger partial charge in [-0.1, -0.05) is 0 Å². The van der Waals surface area contributed by atoms with Gasteiger partial charge in [-0.05, 0) is 18.2 Å². The Morgan fingerprint density at radius 2 is 1.89 bits per heavy atom. The lowest BCUT2D eigenvalue weighted by molar-refractivity contribution is 0.171. The van der Waals surface area contributed by atoms with Crippen LogP contribution in [0.15, 0.2) is 24.3 Å². The molecule has 0 aliphatic carbocycles. The summed E-state index contributed by atoms with van der Waals surface area (Å²) in [5.41, 5.74) is 7.21. The van der Waals surface area contributed by atoms with Gasteiger partial charge in [-0.2, -0.15) is 4.98 Å². The van der Waals surface area contributed by atoms with Gasteiger partial charge in [0, 0.05) is 11.6 Å². The molecule has 2 N–H and O–H groups in total. The molecule has 1 aliphatic heterocycles. The number of hydrogen-bond acceptors (Lipinski definition) is 6. The molecule has 0 saturated carbocycles. The fraction of sp³-hybridized carbons (Fsp3) is 0.231. The zero-order valence-electron chi connectivity index (χ0n) is 10.4. The number of anilines is 1. The van der Waals surface area contributed by atoms with Crippen molar-refractivity contribution in [3.8, 4) is 28.6 Å². The van der Waals surface area contributed by atoms with Crippen LogP contribution in [0.1, 0.15) is 0 Å². The van der Waals surface area contributed by atoms with Crippen LogP contribution in [0.25, 0.3) is 11.3 Å². The molecule has 0 unspecified atom stereocenters. The monoisotopic (exact) mass is 259 g/mol. The quantitative estimate of drug-likeness (QED) is 0.880. The number of benzene rings is 1. The molecular formula is C13H13N3O3. The van der Waals surface area contributed by atoms with E-state index in [4.69, 9.17) is 19.9 Å². The van der Waals surface area contributed by atoms with Gasteiger partial charge in [-0.15, -0.1) is 0 Å². The molecule has 0 atom stereocenters. The molecule has 1 aromatic heterocycles. The highest BCUT2D eigenvalue weighted by atomic mass is 16.6. The maximum atomic E-state index is 5.65. The van der Waals surface area contributed by atoms with E-state index in [2.05, 4.69) is 9.97 Å². The van der Waals surface area contributed by atoms with Crippen LogP contribution >= 0.6 is 0 Å². The first-order chi connectivity index (χ1) is 9.26. The molecule has 1 aromatic carbocycles. The predicted molar refractivity (Wildman–Crippen MR) is 69.4 cm³/mol. The maximum Gasteiger partial charge on any atom is 0.223 e. The zero-order chi connectivity index (χ0) is 13.2. The molecule has 19 heavy (non-hydrogen) atoms. The second-order valence-electron chi connectivity index (χ2n) is 4.01. The van der Waals surface area contributed by atoms with Crippen LogP contribution in [0.3, 0.4) is 0 Å². The van der Waals surface area contributed by atoms with Crippen LogP contribution in [0, 0.1) is 0 Å². The summed E-state index contributed by atoms with van der Waals surface area (Å²) >= 11 is 0. The topological polar surface area (TPSA) is 79.5 Å². The molecule has 0 saturated heterocycles. The summed E-state index contributed by atoms with van der Waals surface area (Å²) in [7, 11) is 1.54. The number of nitrogens with zero attached hydrogens (tertiary/aromatic N) is 2. The molecule has 6 heteroatoms. The summed E-state index contributed by atoms with van der Waals surface area (Å²) in [6, 6.07) is 7.35. The van der Waals surface area contributed by atoms with Gasteiger partial charge in [0.25, 0.3) is 0 Å². The van der Waals surface area contributed by atoms with E-state index in [0.29, 0.717) is 30.5 Å². The van der Waals surface area contributed by atoms with E-state index in [0.717, 1.165) is 11.3 Å². The van der Waals surface area contributed by atoms with Gasteiger partial charge in [0.2, 0.25) is 11.8 Å². The minimum absolute atomic E-state index is 0.171. The highest BCUT2D eigenvalue weighted by molar-refractivity contribution is 5.65. The summed E-state index contributed by atoms with van der Waals surface area (Å²) in [5, 5.41) is 0. The van der Waals surface area contributed by atoms with Crippen molar-refractivity contribution in [3.05, 3.63) is 24.3 Å². The summed E-state index contributed by atoms with van der Waals surface area (Å²) < 4.78 is 16.1. The molecule has 0 bridgehead atoms. The van der Waals surface area contributed by atoms with Gasteiger partial charge in [0.1, 0.15) is 13.2 Å². The highest BCUT2D eigenvalue weighted by Crippen LogP contribution is 2.34. The van der Waals surface area contributed by atoms with Crippen LogP contribution in [0.5, 0.6) is 17.4 Å². The summed E-state index contributed by atoms with van der Waals surface area (Å²) in [6.45, 7) is 1.12. The van der Waals surface area contributed by atoms with E-state index in [-0.39, 0.29) is 5.95 Å². The first kappa shape index (κ1) is 11.6. The Kier molecular flexibility index (Phi) is 2.83. The summed E-state index contributed by atoms with van der Waals surface area (Å²) in [5.74, 6) is 2.05. The van der Waals surface area contributed by atoms with E-state index in [1.807, 2.05) is 18.2 Å². The number of aromatic nitrogens is 2. The summed E-state index contributed by atoms with van der Waals surface area (Å²) in [6.07, 6.45) is 0. The number of hydrogen-bond donors (Lipinski definition) is 1.